The monoisotopic (exact) mass is 680 g/mol. The zero-order valence-corrected chi connectivity index (χ0v) is 30.4. The minimum absolute atomic E-state index is 0.0230. The third-order valence-electron chi connectivity index (χ3n) is 7.72. The summed E-state index contributed by atoms with van der Waals surface area (Å²) in [6.45, 7) is 18.6. The van der Waals surface area contributed by atoms with Crippen LogP contribution in [0, 0.1) is 29.6 Å². The van der Waals surface area contributed by atoms with Crippen LogP contribution in [0.25, 0.3) is 0 Å². The minimum atomic E-state index is -1.66. The molecule has 0 aromatic carbocycles. The number of rotatable bonds is 11. The largest absolute Gasteiger partial charge is 0.480 e. The number of amides is 6. The third-order valence-corrected chi connectivity index (χ3v) is 7.72. The maximum Gasteiger partial charge on any atom is 0.326 e. The van der Waals surface area contributed by atoms with Crippen molar-refractivity contribution in [2.24, 2.45) is 29.6 Å². The maximum atomic E-state index is 13.7. The topological polar surface area (TPSA) is 212 Å². The second-order valence-electron chi connectivity index (χ2n) is 15.1. The molecule has 1 aliphatic rings. The second kappa shape index (κ2) is 20.0. The Morgan fingerprint density at radius 2 is 0.708 bits per heavy atom. The minimum Gasteiger partial charge on any atom is -0.480 e. The van der Waals surface area contributed by atoms with E-state index in [-0.39, 0.29) is 61.7 Å². The van der Waals surface area contributed by atoms with Crippen LogP contribution in [0.1, 0.15) is 108 Å². The lowest BCUT2D eigenvalue weighted by atomic mass is 9.97. The van der Waals surface area contributed by atoms with Gasteiger partial charge in [0.2, 0.25) is 35.4 Å². The Labute approximate surface area is 285 Å². The van der Waals surface area contributed by atoms with Gasteiger partial charge >= 0.3 is 5.97 Å². The summed E-state index contributed by atoms with van der Waals surface area (Å²) < 4.78 is 0. The van der Waals surface area contributed by atoms with Crippen LogP contribution in [-0.4, -0.2) is 82.8 Å². The highest BCUT2D eigenvalue weighted by molar-refractivity contribution is 5.97. The van der Waals surface area contributed by atoms with E-state index in [0.29, 0.717) is 0 Å². The van der Waals surface area contributed by atoms with Crippen molar-refractivity contribution in [2.45, 2.75) is 144 Å². The third kappa shape index (κ3) is 15.5. The standard InChI is InChI=1S/C34H60N6O8/c1-17(2)11-22-29(42)36-23(12-18(3)4)30(43)37-24(13-19(5)6)31(44)38-25(14-20(7)8)32(45)39-26(15-21(9)10)33(46)40-27(34(47)48)16-28(41)35-22/h17-27H,11-16H2,1-10H3,(H,35,41)(H,36,42)(H,37,43)(H,38,44)(H,39,45)(H,40,46)(H,47,48)/t22?,23?,24-,25-,26?,27-/m0/s1. The summed E-state index contributed by atoms with van der Waals surface area (Å²) in [7, 11) is 0. The number of hydrogen-bond acceptors (Lipinski definition) is 7. The van der Waals surface area contributed by atoms with Crippen molar-refractivity contribution < 1.29 is 38.7 Å². The van der Waals surface area contributed by atoms with Gasteiger partial charge in [-0.3, -0.25) is 28.8 Å². The van der Waals surface area contributed by atoms with Gasteiger partial charge in [-0.05, 0) is 61.7 Å². The van der Waals surface area contributed by atoms with E-state index in [4.69, 9.17) is 0 Å². The summed E-state index contributed by atoms with van der Waals surface area (Å²) in [4.78, 5) is 93.4. The van der Waals surface area contributed by atoms with Crippen molar-refractivity contribution in [1.82, 2.24) is 31.9 Å². The number of carbonyl (C=O) groups excluding carboxylic acids is 6. The summed E-state index contributed by atoms with van der Waals surface area (Å²) in [6, 6.07) is -7.09. The number of carboxylic acids is 1. The predicted octanol–water partition coefficient (Wildman–Crippen LogP) is 1.61. The average Bonchev–Trinajstić information content (AvgIpc) is 2.93. The van der Waals surface area contributed by atoms with Crippen molar-refractivity contribution in [2.75, 3.05) is 0 Å². The van der Waals surface area contributed by atoms with Crippen LogP contribution in [0.15, 0.2) is 0 Å². The van der Waals surface area contributed by atoms with Gasteiger partial charge in [-0.15, -0.1) is 0 Å². The van der Waals surface area contributed by atoms with E-state index in [1.165, 1.54) is 0 Å². The molecule has 1 saturated heterocycles. The molecule has 0 bridgehead atoms. The van der Waals surface area contributed by atoms with Gasteiger partial charge in [-0.25, -0.2) is 4.79 Å². The van der Waals surface area contributed by atoms with E-state index in [0.717, 1.165) is 0 Å². The van der Waals surface area contributed by atoms with Crippen LogP contribution in [0.4, 0.5) is 0 Å². The Morgan fingerprint density at radius 1 is 0.479 bits per heavy atom. The van der Waals surface area contributed by atoms with Gasteiger partial charge in [0.15, 0.2) is 0 Å². The molecular formula is C34H60N6O8. The molecule has 0 aromatic rings. The van der Waals surface area contributed by atoms with Gasteiger partial charge < -0.3 is 37.0 Å². The normalized spacial score (nSPS) is 25.9. The quantitative estimate of drug-likeness (QED) is 0.170. The molecule has 7 N–H and O–H groups in total. The van der Waals surface area contributed by atoms with Crippen LogP contribution in [0.5, 0.6) is 0 Å². The Hall–Kier alpha value is -3.71. The zero-order chi connectivity index (χ0) is 36.9. The summed E-state index contributed by atoms with van der Waals surface area (Å²) in [5, 5.41) is 25.8. The van der Waals surface area contributed by atoms with Crippen molar-refractivity contribution in [3.63, 3.8) is 0 Å². The molecule has 0 radical (unpaired) electrons. The van der Waals surface area contributed by atoms with Gasteiger partial charge in [-0.2, -0.15) is 0 Å². The van der Waals surface area contributed by atoms with E-state index in [2.05, 4.69) is 31.9 Å². The highest BCUT2D eigenvalue weighted by Crippen LogP contribution is 2.14. The smallest absolute Gasteiger partial charge is 0.326 e. The molecule has 14 heteroatoms. The lowest BCUT2D eigenvalue weighted by Crippen LogP contribution is -2.59. The molecule has 0 aromatic heterocycles. The molecule has 0 aliphatic carbocycles. The Kier molecular flexibility index (Phi) is 17.6. The molecule has 0 spiro atoms. The molecule has 3 unspecified atom stereocenters. The molecule has 1 rings (SSSR count). The molecule has 1 fully saturated rings. The molecular weight excluding hydrogens is 620 g/mol. The first kappa shape index (κ1) is 42.3. The van der Waals surface area contributed by atoms with Gasteiger partial charge in [0.05, 0.1) is 6.42 Å². The summed E-state index contributed by atoms with van der Waals surface area (Å²) in [5.74, 6) is -5.78. The molecule has 14 nitrogen and oxygen atoms in total. The first-order valence-corrected chi connectivity index (χ1v) is 17.2. The highest BCUT2D eigenvalue weighted by atomic mass is 16.4. The van der Waals surface area contributed by atoms with Crippen molar-refractivity contribution in [3.05, 3.63) is 0 Å². The van der Waals surface area contributed by atoms with Crippen LogP contribution >= 0.6 is 0 Å². The SMILES string of the molecule is CC(C)CC1NC(=O)C[C@@H](C(=O)O)NC(=O)C(CC(C)C)NC(=O)[C@H](CC(C)C)NC(=O)[C@H](CC(C)C)NC(=O)C(CC(C)C)NC1=O. The molecule has 1 aliphatic heterocycles. The van der Waals surface area contributed by atoms with E-state index < -0.39 is 84.1 Å². The van der Waals surface area contributed by atoms with Crippen LogP contribution in [-0.2, 0) is 33.6 Å². The van der Waals surface area contributed by atoms with Gasteiger partial charge in [0.1, 0.15) is 36.3 Å². The van der Waals surface area contributed by atoms with Crippen molar-refractivity contribution >= 4 is 41.4 Å². The summed E-state index contributed by atoms with van der Waals surface area (Å²) in [6.07, 6.45) is 0.366. The fourth-order valence-electron chi connectivity index (χ4n) is 5.51. The number of aliphatic carboxylic acids is 1. The zero-order valence-electron chi connectivity index (χ0n) is 30.4. The molecule has 6 amide bonds. The van der Waals surface area contributed by atoms with Gasteiger partial charge in [0, 0.05) is 0 Å². The van der Waals surface area contributed by atoms with E-state index in [9.17, 15) is 38.7 Å². The second-order valence-corrected chi connectivity index (χ2v) is 15.1. The molecule has 48 heavy (non-hydrogen) atoms. The first-order valence-electron chi connectivity index (χ1n) is 17.2. The fourth-order valence-corrected chi connectivity index (χ4v) is 5.51. The average molecular weight is 681 g/mol. The number of nitrogens with one attached hydrogen (secondary N) is 6. The van der Waals surface area contributed by atoms with Crippen molar-refractivity contribution in [3.8, 4) is 0 Å². The van der Waals surface area contributed by atoms with Crippen molar-refractivity contribution in [1.29, 1.82) is 0 Å². The van der Waals surface area contributed by atoms with Crippen LogP contribution < -0.4 is 31.9 Å². The van der Waals surface area contributed by atoms with Crippen LogP contribution in [0.3, 0.4) is 0 Å². The number of carboxylic acid groups (broad SMARTS) is 1. The first-order chi connectivity index (χ1) is 22.2. The number of hydrogen-bond donors (Lipinski definition) is 7. The van der Waals surface area contributed by atoms with Gasteiger partial charge in [-0.1, -0.05) is 69.2 Å². The molecule has 6 atom stereocenters. The van der Waals surface area contributed by atoms with E-state index in [1.54, 1.807) is 0 Å². The lowest BCUT2D eigenvalue weighted by molar-refractivity contribution is -0.144. The molecule has 0 saturated carbocycles. The Bertz CT molecular complexity index is 1140. The van der Waals surface area contributed by atoms with E-state index in [1.807, 2.05) is 69.2 Å². The molecule has 274 valence electrons. The Balaban J connectivity index is 3.74. The van der Waals surface area contributed by atoms with E-state index >= 15 is 0 Å². The lowest BCUT2D eigenvalue weighted by Gasteiger charge is -2.29. The fraction of sp³-hybridized carbons (Fsp3) is 0.794. The Morgan fingerprint density at radius 3 is 0.938 bits per heavy atom. The van der Waals surface area contributed by atoms with Crippen LogP contribution in [0.2, 0.25) is 0 Å². The van der Waals surface area contributed by atoms with Gasteiger partial charge in [0.25, 0.3) is 0 Å². The maximum absolute atomic E-state index is 13.7. The molecule has 1 heterocycles. The predicted molar refractivity (Wildman–Crippen MR) is 181 cm³/mol. The highest BCUT2D eigenvalue weighted by Gasteiger charge is 2.35. The summed E-state index contributed by atoms with van der Waals surface area (Å²) >= 11 is 0. The summed E-state index contributed by atoms with van der Waals surface area (Å²) in [5.41, 5.74) is 0. The number of carbonyl (C=O) groups is 7.